The third-order valence-corrected chi connectivity index (χ3v) is 3.13. The van der Waals surface area contributed by atoms with E-state index in [-0.39, 0.29) is 5.91 Å². The van der Waals surface area contributed by atoms with Crippen molar-refractivity contribution in [2.75, 3.05) is 7.11 Å². The van der Waals surface area contributed by atoms with Crippen molar-refractivity contribution < 1.29 is 14.1 Å². The summed E-state index contributed by atoms with van der Waals surface area (Å²) in [5.74, 6) is 0.451. The molecule has 1 heterocycles. The maximum absolute atomic E-state index is 12.2. The molecular formula is C16H20N2O3. The molecule has 0 saturated heterocycles. The van der Waals surface area contributed by atoms with Crippen LogP contribution in [0, 0.1) is 0 Å². The molecule has 5 heteroatoms. The summed E-state index contributed by atoms with van der Waals surface area (Å²) in [6.45, 7) is 2.39. The number of nitrogens with one attached hydrogen (secondary N) is 1. The lowest BCUT2D eigenvalue weighted by Crippen LogP contribution is -2.29. The molecule has 1 aromatic heterocycles. The summed E-state index contributed by atoms with van der Waals surface area (Å²) < 4.78 is 10.5. The highest BCUT2D eigenvalue weighted by atomic mass is 16.5. The quantitative estimate of drug-likeness (QED) is 0.850. The first-order valence-electron chi connectivity index (χ1n) is 7.04. The normalized spacial score (nSPS) is 12.1. The first-order valence-corrected chi connectivity index (χ1v) is 7.04. The number of amides is 1. The molecule has 0 aliphatic rings. The summed E-state index contributed by atoms with van der Waals surface area (Å²) in [7, 11) is 1.52. The fourth-order valence-electron chi connectivity index (χ4n) is 2.10. The largest absolute Gasteiger partial charge is 0.367 e. The second kappa shape index (κ2) is 7.59. The molecule has 1 atom stereocenters. The number of carbonyl (C=O) groups excluding carboxylic acids is 1. The lowest BCUT2D eigenvalue weighted by molar-refractivity contribution is -0.131. The maximum atomic E-state index is 12.2. The Labute approximate surface area is 124 Å². The molecule has 0 aliphatic heterocycles. The van der Waals surface area contributed by atoms with Gasteiger partial charge in [-0.15, -0.1) is 0 Å². The van der Waals surface area contributed by atoms with E-state index >= 15 is 0 Å². The van der Waals surface area contributed by atoms with Gasteiger partial charge in [0, 0.05) is 13.2 Å². The minimum Gasteiger partial charge on any atom is -0.367 e. The SMILES string of the molecule is CCCc1cc(CNC(=O)C(OC)c2ccccc2)on1. The number of hydrogen-bond donors (Lipinski definition) is 1. The van der Waals surface area contributed by atoms with Crippen LogP contribution in [-0.4, -0.2) is 18.2 Å². The molecule has 1 unspecified atom stereocenters. The molecule has 2 aromatic rings. The van der Waals surface area contributed by atoms with Gasteiger partial charge in [0.05, 0.1) is 12.2 Å². The van der Waals surface area contributed by atoms with Gasteiger partial charge in [0.2, 0.25) is 0 Å². The van der Waals surface area contributed by atoms with Crippen LogP contribution in [0.2, 0.25) is 0 Å². The van der Waals surface area contributed by atoms with Gasteiger partial charge >= 0.3 is 0 Å². The van der Waals surface area contributed by atoms with Gasteiger partial charge in [-0.05, 0) is 12.0 Å². The fraction of sp³-hybridized carbons (Fsp3) is 0.375. The van der Waals surface area contributed by atoms with E-state index in [4.69, 9.17) is 9.26 Å². The maximum Gasteiger partial charge on any atom is 0.254 e. The number of aromatic nitrogens is 1. The van der Waals surface area contributed by atoms with Crippen LogP contribution < -0.4 is 5.32 Å². The lowest BCUT2D eigenvalue weighted by Gasteiger charge is -2.14. The van der Waals surface area contributed by atoms with Crippen LogP contribution in [0.25, 0.3) is 0 Å². The molecule has 1 aromatic carbocycles. The molecule has 0 radical (unpaired) electrons. The first-order chi connectivity index (χ1) is 10.2. The molecule has 5 nitrogen and oxygen atoms in total. The van der Waals surface area contributed by atoms with Crippen LogP contribution in [0.5, 0.6) is 0 Å². The highest BCUT2D eigenvalue weighted by Gasteiger charge is 2.19. The monoisotopic (exact) mass is 288 g/mol. The van der Waals surface area contributed by atoms with Gasteiger partial charge in [-0.1, -0.05) is 48.8 Å². The molecule has 21 heavy (non-hydrogen) atoms. The van der Waals surface area contributed by atoms with E-state index in [0.717, 1.165) is 24.1 Å². The molecule has 0 spiro atoms. The predicted molar refractivity (Wildman–Crippen MR) is 78.5 cm³/mol. The zero-order chi connectivity index (χ0) is 15.1. The van der Waals surface area contributed by atoms with Crippen LogP contribution in [0.15, 0.2) is 40.9 Å². The third-order valence-electron chi connectivity index (χ3n) is 3.13. The molecule has 0 aliphatic carbocycles. The van der Waals surface area contributed by atoms with E-state index < -0.39 is 6.10 Å². The van der Waals surface area contributed by atoms with Gasteiger partial charge in [-0.25, -0.2) is 0 Å². The molecule has 0 bridgehead atoms. The zero-order valence-electron chi connectivity index (χ0n) is 12.3. The van der Waals surface area contributed by atoms with Crippen molar-refractivity contribution >= 4 is 5.91 Å². The van der Waals surface area contributed by atoms with Crippen LogP contribution >= 0.6 is 0 Å². The summed E-state index contributed by atoms with van der Waals surface area (Å²) >= 11 is 0. The Morgan fingerprint density at radius 3 is 2.81 bits per heavy atom. The smallest absolute Gasteiger partial charge is 0.254 e. The standard InChI is InChI=1S/C16H20N2O3/c1-3-7-13-10-14(21-18-13)11-17-16(19)15(20-2)12-8-5-4-6-9-12/h4-6,8-10,15H,3,7,11H2,1-2H3,(H,17,19). The average molecular weight is 288 g/mol. The van der Waals surface area contributed by atoms with Crippen molar-refractivity contribution in [3.05, 3.63) is 53.4 Å². The molecule has 0 saturated carbocycles. The van der Waals surface area contributed by atoms with Crippen molar-refractivity contribution in [1.29, 1.82) is 0 Å². The van der Waals surface area contributed by atoms with Crippen LogP contribution in [-0.2, 0) is 22.5 Å². The second-order valence-corrected chi connectivity index (χ2v) is 4.78. The summed E-state index contributed by atoms with van der Waals surface area (Å²) in [4.78, 5) is 12.2. The first kappa shape index (κ1) is 15.3. The number of methoxy groups -OCH3 is 1. The van der Waals surface area contributed by atoms with Crippen LogP contribution in [0.1, 0.15) is 36.5 Å². The van der Waals surface area contributed by atoms with Crippen LogP contribution in [0.4, 0.5) is 0 Å². The summed E-state index contributed by atoms with van der Waals surface area (Å²) in [5.41, 5.74) is 1.73. The predicted octanol–water partition coefficient (Wildman–Crippen LogP) is 2.63. The number of carbonyl (C=O) groups is 1. The molecule has 2 rings (SSSR count). The Balaban J connectivity index is 1.93. The number of ether oxygens (including phenoxy) is 1. The second-order valence-electron chi connectivity index (χ2n) is 4.78. The minimum atomic E-state index is -0.621. The molecule has 0 fully saturated rings. The molecular weight excluding hydrogens is 268 g/mol. The van der Waals surface area contributed by atoms with Gasteiger partial charge in [-0.3, -0.25) is 4.79 Å². The van der Waals surface area contributed by atoms with Crippen molar-refractivity contribution in [1.82, 2.24) is 10.5 Å². The van der Waals surface area contributed by atoms with Crippen molar-refractivity contribution in [3.63, 3.8) is 0 Å². The van der Waals surface area contributed by atoms with Gasteiger partial charge in [-0.2, -0.15) is 0 Å². The Morgan fingerprint density at radius 1 is 1.38 bits per heavy atom. The Hall–Kier alpha value is -2.14. The van der Waals surface area contributed by atoms with Gasteiger partial charge < -0.3 is 14.6 Å². The molecule has 1 N–H and O–H groups in total. The van der Waals surface area contributed by atoms with Gasteiger partial charge in [0.25, 0.3) is 5.91 Å². The summed E-state index contributed by atoms with van der Waals surface area (Å²) in [6, 6.07) is 11.2. The summed E-state index contributed by atoms with van der Waals surface area (Å²) in [5, 5.41) is 6.76. The zero-order valence-corrected chi connectivity index (χ0v) is 12.3. The van der Waals surface area contributed by atoms with E-state index in [0.29, 0.717) is 12.3 Å². The van der Waals surface area contributed by atoms with E-state index in [1.54, 1.807) is 0 Å². The Kier molecular flexibility index (Phi) is 5.51. The number of aryl methyl sites for hydroxylation is 1. The number of rotatable bonds is 7. The van der Waals surface area contributed by atoms with Crippen molar-refractivity contribution in [3.8, 4) is 0 Å². The van der Waals surface area contributed by atoms with E-state index in [1.807, 2.05) is 36.4 Å². The summed E-state index contributed by atoms with van der Waals surface area (Å²) in [6.07, 6.45) is 1.27. The third kappa shape index (κ3) is 4.16. The van der Waals surface area contributed by atoms with E-state index in [9.17, 15) is 4.79 Å². The lowest BCUT2D eigenvalue weighted by atomic mass is 10.1. The van der Waals surface area contributed by atoms with Gasteiger partial charge in [0.15, 0.2) is 11.9 Å². The number of benzene rings is 1. The Morgan fingerprint density at radius 2 is 2.14 bits per heavy atom. The van der Waals surface area contributed by atoms with Gasteiger partial charge in [0.1, 0.15) is 0 Å². The van der Waals surface area contributed by atoms with E-state index in [1.165, 1.54) is 7.11 Å². The van der Waals surface area contributed by atoms with E-state index in [2.05, 4.69) is 17.4 Å². The minimum absolute atomic E-state index is 0.197. The molecule has 112 valence electrons. The average Bonchev–Trinajstić information content (AvgIpc) is 2.95. The topological polar surface area (TPSA) is 64.4 Å². The number of nitrogens with zero attached hydrogens (tertiary/aromatic N) is 1. The van der Waals surface area contributed by atoms with Crippen molar-refractivity contribution in [2.24, 2.45) is 0 Å². The number of hydrogen-bond acceptors (Lipinski definition) is 4. The highest BCUT2D eigenvalue weighted by Crippen LogP contribution is 2.16. The van der Waals surface area contributed by atoms with Crippen molar-refractivity contribution in [2.45, 2.75) is 32.4 Å². The molecule has 1 amide bonds. The fourth-order valence-corrected chi connectivity index (χ4v) is 2.10. The highest BCUT2D eigenvalue weighted by molar-refractivity contribution is 5.82. The van der Waals surface area contributed by atoms with Crippen LogP contribution in [0.3, 0.4) is 0 Å². The Bertz CT molecular complexity index is 566.